The van der Waals surface area contributed by atoms with Gasteiger partial charge in [0.15, 0.2) is 0 Å². The lowest BCUT2D eigenvalue weighted by Gasteiger charge is -2.41. The van der Waals surface area contributed by atoms with Crippen molar-refractivity contribution in [3.05, 3.63) is 120 Å². The van der Waals surface area contributed by atoms with E-state index in [2.05, 4.69) is 10.1 Å². The monoisotopic (exact) mass is 538 g/mol. The van der Waals surface area contributed by atoms with Crippen LogP contribution >= 0.6 is 0 Å². The van der Waals surface area contributed by atoms with E-state index in [-0.39, 0.29) is 11.4 Å². The summed E-state index contributed by atoms with van der Waals surface area (Å²) >= 11 is 0. The summed E-state index contributed by atoms with van der Waals surface area (Å²) in [5.41, 5.74) is 0.804. The molecule has 2 unspecified atom stereocenters. The maximum Gasteiger partial charge on any atom is 0.418 e. The topological polar surface area (TPSA) is 66.6 Å². The third kappa shape index (κ3) is 3.45. The van der Waals surface area contributed by atoms with Crippen LogP contribution in [0.15, 0.2) is 114 Å². The summed E-state index contributed by atoms with van der Waals surface area (Å²) in [6.45, 7) is 0. The molecule has 0 saturated carbocycles. The molecule has 2 amide bonds. The molecule has 0 N–H and O–H groups in total. The summed E-state index contributed by atoms with van der Waals surface area (Å²) in [6, 6.07) is 14.3. The molecule has 7 nitrogen and oxygen atoms in total. The van der Waals surface area contributed by atoms with Crippen molar-refractivity contribution in [3.8, 4) is 5.69 Å². The fourth-order valence-electron chi connectivity index (χ4n) is 5.75. The van der Waals surface area contributed by atoms with Gasteiger partial charge in [-0.1, -0.05) is 30.4 Å². The van der Waals surface area contributed by atoms with Crippen LogP contribution in [0.2, 0.25) is 0 Å². The van der Waals surface area contributed by atoms with Gasteiger partial charge in [0.2, 0.25) is 0 Å². The SMILES string of the molecule is CN1C(=O)N(c2ccc(-n3cccn3)c(C(F)(F)F)c2)C23C=CC(c4cnc5ccccc5c4)=NC2=CC=CC13. The Morgan fingerprint density at radius 2 is 1.90 bits per heavy atom. The molecule has 4 aromatic rings. The number of nitrogens with zero attached hydrogens (tertiary/aromatic N) is 6. The molecule has 1 aliphatic carbocycles. The van der Waals surface area contributed by atoms with Gasteiger partial charge in [0.05, 0.1) is 34.2 Å². The van der Waals surface area contributed by atoms with Gasteiger partial charge in [-0.3, -0.25) is 9.88 Å². The van der Waals surface area contributed by atoms with Gasteiger partial charge in [-0.15, -0.1) is 0 Å². The molecule has 3 aliphatic rings. The van der Waals surface area contributed by atoms with Gasteiger partial charge in [-0.2, -0.15) is 18.3 Å². The van der Waals surface area contributed by atoms with Gasteiger partial charge in [0.25, 0.3) is 0 Å². The van der Waals surface area contributed by atoms with Gasteiger partial charge in [0.1, 0.15) is 5.54 Å². The number of para-hydroxylation sites is 1. The maximum atomic E-state index is 14.3. The van der Waals surface area contributed by atoms with Crippen molar-refractivity contribution >= 4 is 28.3 Å². The number of carbonyl (C=O) groups is 1. The number of carbonyl (C=O) groups excluding carboxylic acids is 1. The highest BCUT2D eigenvalue weighted by atomic mass is 19.4. The Hall–Kier alpha value is -4.99. The van der Waals surface area contributed by atoms with Gasteiger partial charge >= 0.3 is 12.2 Å². The zero-order valence-electron chi connectivity index (χ0n) is 21.1. The third-order valence-corrected chi connectivity index (χ3v) is 7.61. The number of anilines is 1. The zero-order valence-corrected chi connectivity index (χ0v) is 21.1. The molecule has 0 radical (unpaired) electrons. The number of urea groups is 1. The average molecular weight is 539 g/mol. The van der Waals surface area contributed by atoms with Crippen molar-refractivity contribution in [3.63, 3.8) is 0 Å². The van der Waals surface area contributed by atoms with Crippen LogP contribution in [0, 0.1) is 0 Å². The molecule has 10 heteroatoms. The molecule has 1 spiro atoms. The number of alkyl halides is 3. The summed E-state index contributed by atoms with van der Waals surface area (Å²) < 4.78 is 44.0. The minimum Gasteiger partial charge on any atom is -0.318 e. The lowest BCUT2D eigenvalue weighted by molar-refractivity contribution is -0.137. The second-order valence-electron chi connectivity index (χ2n) is 9.83. The molecule has 2 atom stereocenters. The summed E-state index contributed by atoms with van der Waals surface area (Å²) in [6.07, 6.45) is 9.10. The van der Waals surface area contributed by atoms with Crippen molar-refractivity contribution in [1.29, 1.82) is 0 Å². The molecule has 0 bridgehead atoms. The summed E-state index contributed by atoms with van der Waals surface area (Å²) in [5.74, 6) is 0. The predicted octanol–water partition coefficient (Wildman–Crippen LogP) is 5.93. The number of rotatable bonds is 3. The van der Waals surface area contributed by atoms with Crippen LogP contribution in [0.1, 0.15) is 11.1 Å². The van der Waals surface area contributed by atoms with E-state index in [1.807, 2.05) is 54.6 Å². The molecule has 2 aromatic carbocycles. The first kappa shape index (κ1) is 24.1. The first-order chi connectivity index (χ1) is 19.3. The van der Waals surface area contributed by atoms with E-state index in [0.717, 1.165) is 27.2 Å². The molecule has 1 fully saturated rings. The Bertz CT molecular complexity index is 1800. The number of aliphatic imine (C=N–C) groups is 1. The molecule has 2 aliphatic heterocycles. The fraction of sp³-hybridized carbons (Fsp3) is 0.133. The zero-order chi connectivity index (χ0) is 27.6. The highest BCUT2D eigenvalue weighted by molar-refractivity contribution is 6.12. The van der Waals surface area contributed by atoms with Crippen LogP contribution in [-0.2, 0) is 6.18 Å². The standard InChI is InChI=1S/C30H21F3N6O/c1-37-27-9-4-8-26-29(27,13-12-24(36-26)20-16-19-6-2-3-7-23(19)34-18-20)39(28(37)40)21-10-11-25(38-15-5-14-35-38)22(17-21)30(31,32)33/h2-18,27H,1H3. The van der Waals surface area contributed by atoms with E-state index < -0.39 is 29.4 Å². The normalized spacial score (nSPS) is 21.9. The van der Waals surface area contributed by atoms with E-state index in [1.54, 1.807) is 25.4 Å². The maximum absolute atomic E-state index is 14.3. The van der Waals surface area contributed by atoms with Crippen molar-refractivity contribution in [1.82, 2.24) is 19.7 Å². The number of likely N-dealkylation sites (N-methyl/N-ethyl adjacent to an activating group) is 1. The lowest BCUT2D eigenvalue weighted by Crippen LogP contribution is -2.53. The van der Waals surface area contributed by atoms with Crippen LogP contribution in [0.25, 0.3) is 16.6 Å². The van der Waals surface area contributed by atoms with E-state index in [9.17, 15) is 18.0 Å². The number of benzene rings is 2. The molecule has 1 saturated heterocycles. The number of pyridine rings is 1. The van der Waals surface area contributed by atoms with Crippen LogP contribution < -0.4 is 4.90 Å². The number of hydrogen-bond donors (Lipinski definition) is 0. The number of aromatic nitrogens is 3. The number of amides is 2. The largest absolute Gasteiger partial charge is 0.418 e. The third-order valence-electron chi connectivity index (χ3n) is 7.61. The predicted molar refractivity (Wildman–Crippen MR) is 145 cm³/mol. The Balaban J connectivity index is 1.36. The molecule has 4 heterocycles. The Morgan fingerprint density at radius 3 is 2.70 bits per heavy atom. The molecule has 2 aromatic heterocycles. The highest BCUT2D eigenvalue weighted by Crippen LogP contribution is 2.48. The number of halogens is 3. The molecule has 198 valence electrons. The molecular formula is C30H21F3N6O. The van der Waals surface area contributed by atoms with E-state index in [1.165, 1.54) is 34.3 Å². The van der Waals surface area contributed by atoms with Crippen molar-refractivity contribution in [2.75, 3.05) is 11.9 Å². The summed E-state index contributed by atoms with van der Waals surface area (Å²) in [4.78, 5) is 26.1. The van der Waals surface area contributed by atoms with Gasteiger partial charge in [0, 0.05) is 42.3 Å². The summed E-state index contributed by atoms with van der Waals surface area (Å²) in [7, 11) is 1.64. The van der Waals surface area contributed by atoms with Gasteiger partial charge < -0.3 is 4.90 Å². The number of hydrogen-bond acceptors (Lipinski definition) is 4. The van der Waals surface area contributed by atoms with Crippen molar-refractivity contribution < 1.29 is 18.0 Å². The van der Waals surface area contributed by atoms with Gasteiger partial charge in [-0.05, 0) is 54.6 Å². The smallest absolute Gasteiger partial charge is 0.318 e. The van der Waals surface area contributed by atoms with E-state index in [4.69, 9.17) is 4.99 Å². The molecule has 40 heavy (non-hydrogen) atoms. The minimum absolute atomic E-state index is 0.111. The lowest BCUT2D eigenvalue weighted by atomic mass is 9.80. The van der Waals surface area contributed by atoms with Crippen LogP contribution in [0.5, 0.6) is 0 Å². The Morgan fingerprint density at radius 1 is 1.05 bits per heavy atom. The molecule has 7 rings (SSSR count). The Kier molecular flexibility index (Phi) is 5.12. The fourth-order valence-corrected chi connectivity index (χ4v) is 5.75. The van der Waals surface area contributed by atoms with Crippen LogP contribution in [0.4, 0.5) is 23.7 Å². The van der Waals surface area contributed by atoms with Crippen LogP contribution in [-0.4, -0.2) is 50.0 Å². The van der Waals surface area contributed by atoms with Crippen LogP contribution in [0.3, 0.4) is 0 Å². The summed E-state index contributed by atoms with van der Waals surface area (Å²) in [5, 5.41) is 4.94. The number of allylic oxidation sites excluding steroid dienone is 3. The Labute approximate surface area is 226 Å². The second-order valence-corrected chi connectivity index (χ2v) is 9.83. The quantitative estimate of drug-likeness (QED) is 0.325. The second kappa shape index (κ2) is 8.51. The van der Waals surface area contributed by atoms with E-state index >= 15 is 0 Å². The van der Waals surface area contributed by atoms with Crippen molar-refractivity contribution in [2.24, 2.45) is 4.99 Å². The average Bonchev–Trinajstić information content (AvgIpc) is 3.57. The minimum atomic E-state index is -4.68. The number of fused-ring (bicyclic) bond motifs is 1. The first-order valence-electron chi connectivity index (χ1n) is 12.6. The van der Waals surface area contributed by atoms with Gasteiger partial charge in [-0.25, -0.2) is 14.5 Å². The van der Waals surface area contributed by atoms with E-state index in [0.29, 0.717) is 11.4 Å². The molecular weight excluding hydrogens is 517 g/mol. The first-order valence-corrected chi connectivity index (χ1v) is 12.6. The highest BCUT2D eigenvalue weighted by Gasteiger charge is 2.58. The number of dihydropyridines is 1. The van der Waals surface area contributed by atoms with Crippen molar-refractivity contribution in [2.45, 2.75) is 17.8 Å².